The number of benzene rings is 1. The summed E-state index contributed by atoms with van der Waals surface area (Å²) in [5.41, 5.74) is 1.51. The lowest BCUT2D eigenvalue weighted by atomic mass is 10.0. The molecule has 0 radical (unpaired) electrons. The Labute approximate surface area is 128 Å². The fourth-order valence-corrected chi connectivity index (χ4v) is 2.91. The summed E-state index contributed by atoms with van der Waals surface area (Å²) in [6, 6.07) is 9.88. The maximum atomic E-state index is 11.3. The quantitative estimate of drug-likeness (QED) is 0.693. The van der Waals surface area contributed by atoms with Crippen molar-refractivity contribution in [1.29, 1.82) is 0 Å². The third-order valence-electron chi connectivity index (χ3n) is 3.92. The van der Waals surface area contributed by atoms with Crippen LogP contribution in [0.15, 0.2) is 30.3 Å². The largest absolute Gasteiger partial charge is 0.371 e. The number of nitro groups is 1. The molecule has 0 saturated carbocycles. The Hall–Kier alpha value is -2.41. The molecular formula is C15H18N4O3. The average molecular weight is 302 g/mol. The molecular weight excluding hydrogens is 284 g/mol. The van der Waals surface area contributed by atoms with Gasteiger partial charge in [0, 0.05) is 13.7 Å². The molecule has 0 spiro atoms. The van der Waals surface area contributed by atoms with Gasteiger partial charge in [0.15, 0.2) is 0 Å². The van der Waals surface area contributed by atoms with Crippen LogP contribution in [0.25, 0.3) is 0 Å². The van der Waals surface area contributed by atoms with Crippen molar-refractivity contribution in [2.24, 2.45) is 7.05 Å². The SMILES string of the molecule is Cc1nn(C)c(NC2CCOC2c2ccccc2)c1[N+](=O)[O-]. The van der Waals surface area contributed by atoms with E-state index in [-0.39, 0.29) is 17.8 Å². The van der Waals surface area contributed by atoms with Gasteiger partial charge in [0.2, 0.25) is 5.82 Å². The van der Waals surface area contributed by atoms with Crippen LogP contribution in [0.1, 0.15) is 23.8 Å². The zero-order valence-corrected chi connectivity index (χ0v) is 12.5. The number of nitrogens with one attached hydrogen (secondary N) is 1. The minimum atomic E-state index is -0.391. The minimum absolute atomic E-state index is 0.0177. The molecule has 22 heavy (non-hydrogen) atoms. The number of anilines is 1. The highest BCUT2D eigenvalue weighted by atomic mass is 16.6. The molecule has 7 nitrogen and oxygen atoms in total. The predicted octanol–water partition coefficient (Wildman–Crippen LogP) is 2.58. The van der Waals surface area contributed by atoms with E-state index in [0.717, 1.165) is 12.0 Å². The molecule has 1 N–H and O–H groups in total. The molecule has 2 atom stereocenters. The van der Waals surface area contributed by atoms with Crippen molar-refractivity contribution in [3.63, 3.8) is 0 Å². The van der Waals surface area contributed by atoms with Gasteiger partial charge in [-0.1, -0.05) is 30.3 Å². The molecule has 1 aliphatic heterocycles. The Morgan fingerprint density at radius 1 is 1.41 bits per heavy atom. The molecule has 2 unspecified atom stereocenters. The monoisotopic (exact) mass is 302 g/mol. The first-order valence-corrected chi connectivity index (χ1v) is 7.19. The Balaban J connectivity index is 1.88. The van der Waals surface area contributed by atoms with Gasteiger partial charge in [-0.25, -0.2) is 4.68 Å². The first-order valence-electron chi connectivity index (χ1n) is 7.19. The van der Waals surface area contributed by atoms with Crippen molar-refractivity contribution in [3.8, 4) is 0 Å². The van der Waals surface area contributed by atoms with E-state index < -0.39 is 4.92 Å². The van der Waals surface area contributed by atoms with Gasteiger partial charge in [0.1, 0.15) is 11.8 Å². The zero-order chi connectivity index (χ0) is 15.7. The molecule has 116 valence electrons. The van der Waals surface area contributed by atoms with Crippen molar-refractivity contribution in [2.45, 2.75) is 25.5 Å². The molecule has 1 aromatic carbocycles. The summed E-state index contributed by atoms with van der Waals surface area (Å²) < 4.78 is 7.33. The van der Waals surface area contributed by atoms with Crippen LogP contribution in [0.4, 0.5) is 11.5 Å². The number of aryl methyl sites for hydroxylation is 2. The van der Waals surface area contributed by atoms with Gasteiger partial charge in [-0.05, 0) is 18.9 Å². The van der Waals surface area contributed by atoms with Crippen LogP contribution in [-0.2, 0) is 11.8 Å². The van der Waals surface area contributed by atoms with Crippen LogP contribution in [0.2, 0.25) is 0 Å². The summed E-state index contributed by atoms with van der Waals surface area (Å²) in [5.74, 6) is 0.430. The van der Waals surface area contributed by atoms with E-state index in [1.54, 1.807) is 14.0 Å². The lowest BCUT2D eigenvalue weighted by molar-refractivity contribution is -0.384. The maximum Gasteiger partial charge on any atom is 0.333 e. The predicted molar refractivity (Wildman–Crippen MR) is 81.8 cm³/mol. The van der Waals surface area contributed by atoms with Crippen LogP contribution in [0, 0.1) is 17.0 Å². The Morgan fingerprint density at radius 2 is 2.14 bits per heavy atom. The van der Waals surface area contributed by atoms with E-state index in [1.807, 2.05) is 30.3 Å². The zero-order valence-electron chi connectivity index (χ0n) is 12.5. The normalized spacial score (nSPS) is 21.0. The van der Waals surface area contributed by atoms with E-state index in [4.69, 9.17) is 4.74 Å². The number of ether oxygens (including phenoxy) is 1. The van der Waals surface area contributed by atoms with Gasteiger partial charge in [0.05, 0.1) is 11.0 Å². The lowest BCUT2D eigenvalue weighted by Crippen LogP contribution is -2.25. The summed E-state index contributed by atoms with van der Waals surface area (Å²) in [7, 11) is 1.70. The first kappa shape index (κ1) is 14.5. The van der Waals surface area contributed by atoms with Crippen molar-refractivity contribution in [2.75, 3.05) is 11.9 Å². The van der Waals surface area contributed by atoms with Gasteiger partial charge in [-0.15, -0.1) is 0 Å². The van der Waals surface area contributed by atoms with E-state index in [0.29, 0.717) is 18.1 Å². The summed E-state index contributed by atoms with van der Waals surface area (Å²) in [5, 5.41) is 18.7. The summed E-state index contributed by atoms with van der Waals surface area (Å²) in [6.45, 7) is 2.27. The second kappa shape index (κ2) is 5.76. The summed E-state index contributed by atoms with van der Waals surface area (Å²) in [6.07, 6.45) is 0.678. The fraction of sp³-hybridized carbons (Fsp3) is 0.400. The van der Waals surface area contributed by atoms with E-state index >= 15 is 0 Å². The van der Waals surface area contributed by atoms with E-state index in [1.165, 1.54) is 4.68 Å². The highest BCUT2D eigenvalue weighted by Crippen LogP contribution is 2.34. The van der Waals surface area contributed by atoms with Gasteiger partial charge in [-0.3, -0.25) is 10.1 Å². The number of rotatable bonds is 4. The smallest absolute Gasteiger partial charge is 0.333 e. The van der Waals surface area contributed by atoms with Crippen LogP contribution in [0.3, 0.4) is 0 Å². The van der Waals surface area contributed by atoms with Gasteiger partial charge in [0.25, 0.3) is 0 Å². The number of hydrogen-bond donors (Lipinski definition) is 1. The van der Waals surface area contributed by atoms with Crippen LogP contribution < -0.4 is 5.32 Å². The molecule has 1 fully saturated rings. The second-order valence-corrected chi connectivity index (χ2v) is 5.40. The minimum Gasteiger partial charge on any atom is -0.371 e. The third-order valence-corrected chi connectivity index (χ3v) is 3.92. The standard InChI is InChI=1S/C15H18N4O3/c1-10-13(19(20)21)15(18(2)17-10)16-12-8-9-22-14(12)11-6-4-3-5-7-11/h3-7,12,14,16H,8-9H2,1-2H3. The van der Waals surface area contributed by atoms with Crippen LogP contribution in [-0.4, -0.2) is 27.4 Å². The van der Waals surface area contributed by atoms with Crippen molar-refractivity contribution in [1.82, 2.24) is 9.78 Å². The molecule has 2 aromatic rings. The van der Waals surface area contributed by atoms with Gasteiger partial charge in [-0.2, -0.15) is 5.10 Å². The number of nitrogens with zero attached hydrogens (tertiary/aromatic N) is 3. The van der Waals surface area contributed by atoms with Crippen LogP contribution in [0.5, 0.6) is 0 Å². The molecule has 0 amide bonds. The van der Waals surface area contributed by atoms with Crippen molar-refractivity contribution in [3.05, 3.63) is 51.7 Å². The Kier molecular flexibility index (Phi) is 3.81. The number of aromatic nitrogens is 2. The fourth-order valence-electron chi connectivity index (χ4n) is 2.91. The first-order chi connectivity index (χ1) is 10.6. The lowest BCUT2D eigenvalue weighted by Gasteiger charge is -2.20. The second-order valence-electron chi connectivity index (χ2n) is 5.40. The Bertz CT molecular complexity index is 684. The highest BCUT2D eigenvalue weighted by molar-refractivity contribution is 5.60. The topological polar surface area (TPSA) is 82.2 Å². The summed E-state index contributed by atoms with van der Waals surface area (Å²) in [4.78, 5) is 10.9. The van der Waals surface area contributed by atoms with E-state index in [9.17, 15) is 10.1 Å². The molecule has 1 aliphatic rings. The molecule has 0 bridgehead atoms. The summed E-state index contributed by atoms with van der Waals surface area (Å²) >= 11 is 0. The Morgan fingerprint density at radius 3 is 2.82 bits per heavy atom. The molecule has 1 saturated heterocycles. The van der Waals surface area contributed by atoms with Crippen molar-refractivity contribution < 1.29 is 9.66 Å². The van der Waals surface area contributed by atoms with Gasteiger partial charge >= 0.3 is 5.69 Å². The van der Waals surface area contributed by atoms with Crippen LogP contribution >= 0.6 is 0 Å². The molecule has 1 aromatic heterocycles. The molecule has 2 heterocycles. The van der Waals surface area contributed by atoms with Crippen molar-refractivity contribution >= 4 is 11.5 Å². The molecule has 0 aliphatic carbocycles. The third kappa shape index (κ3) is 2.55. The molecule has 7 heteroatoms. The number of hydrogen-bond acceptors (Lipinski definition) is 5. The highest BCUT2D eigenvalue weighted by Gasteiger charge is 2.33. The van der Waals surface area contributed by atoms with E-state index in [2.05, 4.69) is 10.4 Å². The molecule has 3 rings (SSSR count). The average Bonchev–Trinajstić information content (AvgIpc) is 3.05. The maximum absolute atomic E-state index is 11.3. The van der Waals surface area contributed by atoms with Gasteiger partial charge < -0.3 is 10.1 Å².